The molecule has 0 aliphatic carbocycles. The summed E-state index contributed by atoms with van der Waals surface area (Å²) in [6.45, 7) is 4.44. The number of methoxy groups -OCH3 is 2. The maximum atomic E-state index is 13.8. The van der Waals surface area contributed by atoms with Crippen molar-refractivity contribution in [2.24, 2.45) is 0 Å². The summed E-state index contributed by atoms with van der Waals surface area (Å²) in [5.74, 6) is -2.53. The fourth-order valence-corrected chi connectivity index (χ4v) is 5.05. The van der Waals surface area contributed by atoms with E-state index in [-0.39, 0.29) is 30.7 Å². The van der Waals surface area contributed by atoms with Crippen molar-refractivity contribution in [3.63, 3.8) is 0 Å². The van der Waals surface area contributed by atoms with E-state index < -0.39 is 53.4 Å². The predicted molar refractivity (Wildman–Crippen MR) is 166 cm³/mol. The molecular formula is C28H37IN4O9S. The van der Waals surface area contributed by atoms with Gasteiger partial charge in [0.25, 0.3) is 5.91 Å². The van der Waals surface area contributed by atoms with Crippen molar-refractivity contribution in [2.75, 3.05) is 38.5 Å². The molecule has 0 fully saturated rings. The van der Waals surface area contributed by atoms with Gasteiger partial charge in [-0.15, -0.1) is 11.3 Å². The van der Waals surface area contributed by atoms with Crippen molar-refractivity contribution < 1.29 is 42.9 Å². The summed E-state index contributed by atoms with van der Waals surface area (Å²) in [7, 11) is 2.71. The molecule has 0 spiro atoms. The largest absolute Gasteiger partial charge is 0.509 e. The second-order valence-corrected chi connectivity index (χ2v) is 11.5. The van der Waals surface area contributed by atoms with Crippen LogP contribution in [0.2, 0.25) is 0 Å². The monoisotopic (exact) mass is 732 g/mol. The minimum absolute atomic E-state index is 0.0568. The summed E-state index contributed by atoms with van der Waals surface area (Å²) >= 11 is 3.08. The number of aryl methyl sites for hydroxylation is 1. The second kappa shape index (κ2) is 17.8. The molecule has 1 aromatic heterocycles. The second-order valence-electron chi connectivity index (χ2n) is 9.51. The number of ether oxygens (including phenoxy) is 4. The fraction of sp³-hybridized carbons (Fsp3) is 0.500. The van der Waals surface area contributed by atoms with Crippen molar-refractivity contribution >= 4 is 63.6 Å². The molecule has 4 atom stereocenters. The van der Waals surface area contributed by atoms with E-state index in [1.807, 2.05) is 28.7 Å². The van der Waals surface area contributed by atoms with Gasteiger partial charge in [-0.05, 0) is 32.8 Å². The smallest absolute Gasteiger partial charge is 0.435 e. The molecule has 1 heterocycles. The lowest BCUT2D eigenvalue weighted by atomic mass is 9.92. The van der Waals surface area contributed by atoms with Gasteiger partial charge < -0.3 is 34.9 Å². The number of carbonyl (C=O) groups is 5. The first-order valence-electron chi connectivity index (χ1n) is 13.3. The summed E-state index contributed by atoms with van der Waals surface area (Å²) in [4.78, 5) is 69.7. The number of amides is 3. The number of halogens is 1. The van der Waals surface area contributed by atoms with Crippen molar-refractivity contribution in [3.8, 4) is 0 Å². The van der Waals surface area contributed by atoms with Crippen LogP contribution in [0.1, 0.15) is 34.1 Å². The number of nitrogens with zero attached hydrogens (tertiary/aromatic N) is 1. The van der Waals surface area contributed by atoms with E-state index in [9.17, 15) is 24.0 Å². The van der Waals surface area contributed by atoms with Crippen LogP contribution in [-0.4, -0.2) is 96.8 Å². The van der Waals surface area contributed by atoms with Gasteiger partial charge in [0, 0.05) is 18.6 Å². The highest BCUT2D eigenvalue weighted by atomic mass is 127. The molecule has 15 heteroatoms. The number of nitrogens with one attached hydrogen (secondary N) is 3. The van der Waals surface area contributed by atoms with E-state index in [1.165, 1.54) is 27.3 Å². The minimum atomic E-state index is -1.62. The SMILES string of the molecule is CCOC(=O)O[C@](C)(CI)C(=O)C(Cc1ccccc1)NC(=O)[C@H](COC)NC(=O)[C@H](COC)NC(=O)c1cnc(C)s1. The van der Waals surface area contributed by atoms with Gasteiger partial charge >= 0.3 is 6.16 Å². The summed E-state index contributed by atoms with van der Waals surface area (Å²) < 4.78 is 20.6. The molecule has 0 saturated heterocycles. The quantitative estimate of drug-likeness (QED) is 0.124. The molecule has 3 N–H and O–H groups in total. The number of hydrogen-bond donors (Lipinski definition) is 3. The van der Waals surface area contributed by atoms with Crippen LogP contribution in [0.25, 0.3) is 0 Å². The van der Waals surface area contributed by atoms with Crippen LogP contribution in [0, 0.1) is 6.92 Å². The highest BCUT2D eigenvalue weighted by molar-refractivity contribution is 14.1. The maximum absolute atomic E-state index is 13.8. The Kier molecular flexibility index (Phi) is 15.0. The Balaban J connectivity index is 2.27. The molecule has 2 aromatic rings. The molecule has 1 aromatic carbocycles. The highest BCUT2D eigenvalue weighted by Crippen LogP contribution is 2.21. The first kappa shape index (κ1) is 36.0. The minimum Gasteiger partial charge on any atom is -0.435 e. The van der Waals surface area contributed by atoms with Gasteiger partial charge in [-0.1, -0.05) is 52.9 Å². The Morgan fingerprint density at radius 2 is 1.53 bits per heavy atom. The van der Waals surface area contributed by atoms with Crippen LogP contribution in [-0.2, 0) is 39.8 Å². The maximum Gasteiger partial charge on any atom is 0.509 e. The van der Waals surface area contributed by atoms with E-state index in [0.717, 1.165) is 16.9 Å². The van der Waals surface area contributed by atoms with Crippen LogP contribution in [0.4, 0.5) is 4.79 Å². The molecular weight excluding hydrogens is 695 g/mol. The number of alkyl halides is 1. The van der Waals surface area contributed by atoms with Gasteiger partial charge in [0.1, 0.15) is 17.0 Å². The van der Waals surface area contributed by atoms with Crippen LogP contribution in [0.3, 0.4) is 0 Å². The van der Waals surface area contributed by atoms with Crippen LogP contribution >= 0.6 is 33.9 Å². The van der Waals surface area contributed by atoms with Gasteiger partial charge in [0.15, 0.2) is 11.4 Å². The van der Waals surface area contributed by atoms with Gasteiger partial charge in [0.2, 0.25) is 11.8 Å². The molecule has 0 aliphatic heterocycles. The third-order valence-corrected chi connectivity index (χ3v) is 8.40. The first-order chi connectivity index (χ1) is 20.5. The summed E-state index contributed by atoms with van der Waals surface area (Å²) in [6, 6.07) is 5.43. The van der Waals surface area contributed by atoms with Crippen LogP contribution in [0.5, 0.6) is 0 Å². The van der Waals surface area contributed by atoms with Gasteiger partial charge in [-0.3, -0.25) is 19.2 Å². The fourth-order valence-electron chi connectivity index (χ4n) is 3.84. The number of aromatic nitrogens is 1. The summed E-state index contributed by atoms with van der Waals surface area (Å²) in [5.41, 5.74) is -0.885. The third-order valence-electron chi connectivity index (χ3n) is 6.03. The zero-order valence-corrected chi connectivity index (χ0v) is 27.6. The van der Waals surface area contributed by atoms with Crippen molar-refractivity contribution in [1.29, 1.82) is 0 Å². The first-order valence-corrected chi connectivity index (χ1v) is 15.6. The third kappa shape index (κ3) is 11.1. The predicted octanol–water partition coefficient (Wildman–Crippen LogP) is 1.99. The highest BCUT2D eigenvalue weighted by Gasteiger charge is 2.42. The van der Waals surface area contributed by atoms with Gasteiger partial charge in [-0.25, -0.2) is 9.78 Å². The standard InChI is InChI=1S/C28H37IN4O9S/c1-6-41-27(38)42-28(3,16-29)23(34)19(12-18-10-8-7-9-11-18)31-24(35)20(14-39-4)32-25(36)21(15-40-5)33-26(37)22-13-30-17(2)43-22/h7-11,13,19-21H,6,12,14-16H2,1-5H3,(H,31,35)(H,32,36)(H,33,37)/t19?,20-,21-,28+/m0/s1. The summed E-state index contributed by atoms with van der Waals surface area (Å²) in [5, 5.41) is 8.54. The Labute approximate surface area is 267 Å². The number of benzene rings is 1. The number of hydrogen-bond acceptors (Lipinski definition) is 11. The Hall–Kier alpha value is -3.15. The lowest BCUT2D eigenvalue weighted by Crippen LogP contribution is -2.60. The van der Waals surface area contributed by atoms with Gasteiger partial charge in [0.05, 0.1) is 37.1 Å². The van der Waals surface area contributed by atoms with E-state index in [1.54, 1.807) is 38.1 Å². The molecule has 236 valence electrons. The lowest BCUT2D eigenvalue weighted by Gasteiger charge is -2.31. The Morgan fingerprint density at radius 3 is 2.05 bits per heavy atom. The number of carbonyl (C=O) groups excluding carboxylic acids is 5. The topological polar surface area (TPSA) is 171 Å². The number of rotatable bonds is 17. The zero-order chi connectivity index (χ0) is 32.0. The molecule has 13 nitrogen and oxygen atoms in total. The van der Waals surface area contributed by atoms with Crippen LogP contribution in [0.15, 0.2) is 36.5 Å². The zero-order valence-electron chi connectivity index (χ0n) is 24.6. The lowest BCUT2D eigenvalue weighted by molar-refractivity contribution is -0.141. The van der Waals surface area contributed by atoms with Crippen LogP contribution < -0.4 is 16.0 Å². The van der Waals surface area contributed by atoms with E-state index in [2.05, 4.69) is 20.9 Å². The average molecular weight is 733 g/mol. The molecule has 0 aliphatic rings. The Bertz CT molecular complexity index is 1250. The number of Topliss-reactive ketones (excluding diaryl/α,β-unsaturated/α-hetero) is 1. The molecule has 0 radical (unpaired) electrons. The summed E-state index contributed by atoms with van der Waals surface area (Å²) in [6.07, 6.45) is 0.467. The number of ketones is 1. The van der Waals surface area contributed by atoms with Gasteiger partial charge in [-0.2, -0.15) is 0 Å². The molecule has 43 heavy (non-hydrogen) atoms. The molecule has 0 bridgehead atoms. The normalized spacial score (nSPS) is 14.4. The van der Waals surface area contributed by atoms with Crippen molar-refractivity contribution in [3.05, 3.63) is 52.0 Å². The Morgan fingerprint density at radius 1 is 0.953 bits per heavy atom. The van der Waals surface area contributed by atoms with Crippen molar-refractivity contribution in [2.45, 2.75) is 50.9 Å². The van der Waals surface area contributed by atoms with Crippen molar-refractivity contribution in [1.82, 2.24) is 20.9 Å². The molecule has 0 saturated carbocycles. The van der Waals surface area contributed by atoms with E-state index in [0.29, 0.717) is 9.88 Å². The molecule has 3 amide bonds. The molecule has 2 rings (SSSR count). The van der Waals surface area contributed by atoms with E-state index in [4.69, 9.17) is 18.9 Å². The average Bonchev–Trinajstić information content (AvgIpc) is 3.42. The number of thiazole rings is 1. The van der Waals surface area contributed by atoms with E-state index >= 15 is 0 Å². The molecule has 1 unspecified atom stereocenters.